The van der Waals surface area contributed by atoms with Gasteiger partial charge in [0.15, 0.2) is 0 Å². The third-order valence-electron chi connectivity index (χ3n) is 4.05. The van der Waals surface area contributed by atoms with Crippen LogP contribution in [0.3, 0.4) is 0 Å². The van der Waals surface area contributed by atoms with E-state index >= 15 is 0 Å². The van der Waals surface area contributed by atoms with Gasteiger partial charge in [0.05, 0.1) is 12.5 Å². The Kier molecular flexibility index (Phi) is 5.40. The Morgan fingerprint density at radius 2 is 2.24 bits per heavy atom. The van der Waals surface area contributed by atoms with Crippen LogP contribution in [0.25, 0.3) is 0 Å². The van der Waals surface area contributed by atoms with Crippen molar-refractivity contribution in [2.24, 2.45) is 0 Å². The maximum Gasteiger partial charge on any atom is 0.270 e. The first kappa shape index (κ1) is 15.6. The van der Waals surface area contributed by atoms with Gasteiger partial charge in [-0.3, -0.25) is 4.79 Å². The minimum absolute atomic E-state index is 0.0313. The summed E-state index contributed by atoms with van der Waals surface area (Å²) in [5.41, 5.74) is 0.744. The molecule has 0 aliphatic carbocycles. The van der Waals surface area contributed by atoms with E-state index in [9.17, 15) is 4.79 Å². The molecule has 5 nitrogen and oxygen atoms in total. The maximum absolute atomic E-state index is 12.8. The van der Waals surface area contributed by atoms with Crippen LogP contribution in [0.15, 0.2) is 18.3 Å². The summed E-state index contributed by atoms with van der Waals surface area (Å²) < 4.78 is 2.12. The molecule has 0 spiro atoms. The van der Waals surface area contributed by atoms with Crippen LogP contribution in [-0.4, -0.2) is 41.1 Å². The van der Waals surface area contributed by atoms with Crippen molar-refractivity contribution in [1.29, 1.82) is 5.26 Å². The fourth-order valence-electron chi connectivity index (χ4n) is 2.89. The molecule has 0 unspecified atom stereocenters. The number of nitrogens with one attached hydrogen (secondary N) is 1. The number of amides is 1. The van der Waals surface area contributed by atoms with Crippen LogP contribution in [0, 0.1) is 11.3 Å². The predicted octanol–water partition coefficient (Wildman–Crippen LogP) is 2.18. The molecule has 21 heavy (non-hydrogen) atoms. The van der Waals surface area contributed by atoms with Crippen molar-refractivity contribution >= 4 is 5.91 Å². The highest BCUT2D eigenvalue weighted by molar-refractivity contribution is 5.93. The van der Waals surface area contributed by atoms with Gasteiger partial charge in [-0.2, -0.15) is 5.26 Å². The molecule has 1 aliphatic rings. The summed E-state index contributed by atoms with van der Waals surface area (Å²) in [6.07, 6.45) is 4.48. The maximum atomic E-state index is 12.8. The van der Waals surface area contributed by atoms with Crippen molar-refractivity contribution in [3.8, 4) is 6.07 Å². The summed E-state index contributed by atoms with van der Waals surface area (Å²) >= 11 is 0. The van der Waals surface area contributed by atoms with Gasteiger partial charge in [-0.25, -0.2) is 0 Å². The predicted molar refractivity (Wildman–Crippen MR) is 82.0 cm³/mol. The number of carbonyl (C=O) groups is 1. The molecule has 1 N–H and O–H groups in total. The Balaban J connectivity index is 2.18. The first-order valence-corrected chi connectivity index (χ1v) is 7.70. The number of nitriles is 1. The molecule has 5 heteroatoms. The molecule has 2 rings (SSSR count). The molecule has 1 aromatic rings. The molecular weight excluding hydrogens is 264 g/mol. The number of hydrogen-bond acceptors (Lipinski definition) is 3. The quantitative estimate of drug-likeness (QED) is 0.903. The molecule has 1 fully saturated rings. The number of aromatic nitrogens is 1. The van der Waals surface area contributed by atoms with Crippen molar-refractivity contribution in [2.75, 3.05) is 19.6 Å². The van der Waals surface area contributed by atoms with E-state index in [4.69, 9.17) is 5.26 Å². The van der Waals surface area contributed by atoms with Crippen LogP contribution < -0.4 is 5.32 Å². The van der Waals surface area contributed by atoms with Gasteiger partial charge in [0.25, 0.3) is 5.91 Å². The summed E-state index contributed by atoms with van der Waals surface area (Å²) in [5.74, 6) is 0.0313. The van der Waals surface area contributed by atoms with Crippen molar-refractivity contribution in [3.05, 3.63) is 24.0 Å². The minimum atomic E-state index is 0.0313. The number of hydrogen-bond donors (Lipinski definition) is 1. The first-order valence-electron chi connectivity index (χ1n) is 7.70. The third-order valence-corrected chi connectivity index (χ3v) is 4.05. The molecule has 1 amide bonds. The van der Waals surface area contributed by atoms with E-state index in [1.54, 1.807) is 4.90 Å². The highest BCUT2D eigenvalue weighted by Crippen LogP contribution is 2.22. The van der Waals surface area contributed by atoms with E-state index < -0.39 is 0 Å². The monoisotopic (exact) mass is 288 g/mol. The third kappa shape index (κ3) is 3.64. The van der Waals surface area contributed by atoms with Gasteiger partial charge in [0, 0.05) is 24.8 Å². The van der Waals surface area contributed by atoms with Crippen LogP contribution >= 0.6 is 0 Å². The van der Waals surface area contributed by atoms with Crippen molar-refractivity contribution < 1.29 is 4.79 Å². The van der Waals surface area contributed by atoms with Gasteiger partial charge in [0.2, 0.25) is 0 Å². The lowest BCUT2D eigenvalue weighted by Crippen LogP contribution is -2.39. The van der Waals surface area contributed by atoms with Crippen molar-refractivity contribution in [1.82, 2.24) is 14.8 Å². The molecular formula is C16H24N4O. The van der Waals surface area contributed by atoms with Gasteiger partial charge in [-0.1, -0.05) is 0 Å². The number of rotatable bonds is 5. The zero-order valence-corrected chi connectivity index (χ0v) is 12.9. The van der Waals surface area contributed by atoms with Gasteiger partial charge in [-0.15, -0.1) is 0 Å². The van der Waals surface area contributed by atoms with E-state index in [1.165, 1.54) is 0 Å². The van der Waals surface area contributed by atoms with Gasteiger partial charge in [0.1, 0.15) is 5.69 Å². The van der Waals surface area contributed by atoms with Crippen LogP contribution in [0.1, 0.15) is 49.6 Å². The molecule has 2 heterocycles. The van der Waals surface area contributed by atoms with Crippen LogP contribution in [0.2, 0.25) is 0 Å². The van der Waals surface area contributed by atoms with Crippen LogP contribution in [-0.2, 0) is 0 Å². The van der Waals surface area contributed by atoms with E-state index in [2.05, 4.69) is 16.0 Å². The Bertz CT molecular complexity index is 509. The molecule has 0 aromatic carbocycles. The second kappa shape index (κ2) is 7.28. The van der Waals surface area contributed by atoms with Crippen LogP contribution in [0.4, 0.5) is 0 Å². The normalized spacial score (nSPS) is 15.9. The molecule has 1 saturated heterocycles. The molecule has 0 bridgehead atoms. The summed E-state index contributed by atoms with van der Waals surface area (Å²) in [6.45, 7) is 6.47. The second-order valence-corrected chi connectivity index (χ2v) is 5.78. The van der Waals surface area contributed by atoms with Gasteiger partial charge < -0.3 is 14.8 Å². The lowest BCUT2D eigenvalue weighted by Gasteiger charge is -2.29. The fraction of sp³-hybridized carbons (Fsp3) is 0.625. The van der Waals surface area contributed by atoms with E-state index in [1.807, 2.05) is 32.2 Å². The lowest BCUT2D eigenvalue weighted by molar-refractivity contribution is 0.0695. The zero-order valence-electron chi connectivity index (χ0n) is 12.9. The molecule has 114 valence electrons. The lowest BCUT2D eigenvalue weighted by atomic mass is 10.1. The molecule has 0 atom stereocenters. The zero-order chi connectivity index (χ0) is 15.2. The average Bonchev–Trinajstić information content (AvgIpc) is 2.97. The Morgan fingerprint density at radius 3 is 2.86 bits per heavy atom. The molecule has 1 aromatic heterocycles. The summed E-state index contributed by atoms with van der Waals surface area (Å²) in [6, 6.07) is 6.45. The Hall–Kier alpha value is -1.80. The summed E-state index contributed by atoms with van der Waals surface area (Å²) in [5, 5.41) is 12.1. The summed E-state index contributed by atoms with van der Waals surface area (Å²) in [4.78, 5) is 14.6. The van der Waals surface area contributed by atoms with Crippen molar-refractivity contribution in [2.45, 2.75) is 45.2 Å². The number of carbonyl (C=O) groups excluding carboxylic acids is 1. The second-order valence-electron chi connectivity index (χ2n) is 5.78. The van der Waals surface area contributed by atoms with Crippen molar-refractivity contribution in [3.63, 3.8) is 0 Å². The highest BCUT2D eigenvalue weighted by atomic mass is 16.2. The fourth-order valence-corrected chi connectivity index (χ4v) is 2.89. The van der Waals surface area contributed by atoms with Gasteiger partial charge in [-0.05, 0) is 51.9 Å². The Morgan fingerprint density at radius 1 is 1.52 bits per heavy atom. The SMILES string of the molecule is CC(C)N(CCC#N)C(=O)c1cccn1C1CCNCC1. The average molecular weight is 288 g/mol. The first-order chi connectivity index (χ1) is 10.1. The highest BCUT2D eigenvalue weighted by Gasteiger charge is 2.24. The van der Waals surface area contributed by atoms with E-state index in [-0.39, 0.29) is 11.9 Å². The number of piperidine rings is 1. The van der Waals surface area contributed by atoms with E-state index in [0.717, 1.165) is 31.6 Å². The summed E-state index contributed by atoms with van der Waals surface area (Å²) in [7, 11) is 0. The van der Waals surface area contributed by atoms with Crippen LogP contribution in [0.5, 0.6) is 0 Å². The van der Waals surface area contributed by atoms with E-state index in [0.29, 0.717) is 19.0 Å². The largest absolute Gasteiger partial charge is 0.340 e. The van der Waals surface area contributed by atoms with Gasteiger partial charge >= 0.3 is 0 Å². The Labute approximate surface area is 126 Å². The smallest absolute Gasteiger partial charge is 0.270 e. The topological polar surface area (TPSA) is 61.1 Å². The molecule has 1 aliphatic heterocycles. The molecule has 0 saturated carbocycles. The minimum Gasteiger partial charge on any atom is -0.340 e. The molecule has 0 radical (unpaired) electrons. The number of nitrogens with zero attached hydrogens (tertiary/aromatic N) is 3. The standard InChI is InChI=1S/C16H24N4O/c1-13(2)19(12-4-8-17)16(21)15-5-3-11-20(15)14-6-9-18-10-7-14/h3,5,11,13-14,18H,4,6-7,9-10,12H2,1-2H3.